The Morgan fingerprint density at radius 3 is 2.81 bits per heavy atom. The van der Waals surface area contributed by atoms with Gasteiger partial charge < -0.3 is 55.4 Å². The van der Waals surface area contributed by atoms with Crippen molar-refractivity contribution in [2.45, 2.75) is 107 Å². The molecule has 4 bridgehead atoms. The van der Waals surface area contributed by atoms with E-state index >= 15 is 0 Å². The maximum atomic E-state index is 14.5. The lowest BCUT2D eigenvalue weighted by Crippen LogP contribution is -2.54. The lowest BCUT2D eigenvalue weighted by Gasteiger charge is -2.46. The van der Waals surface area contributed by atoms with Gasteiger partial charge in [0.15, 0.2) is 11.0 Å². The van der Waals surface area contributed by atoms with E-state index in [2.05, 4.69) is 50.8 Å². The molecular formula is C43H48N6O7S2. The second kappa shape index (κ2) is 14.2. The van der Waals surface area contributed by atoms with Gasteiger partial charge >= 0.3 is 5.97 Å². The van der Waals surface area contributed by atoms with Crippen LogP contribution in [0.5, 0.6) is 11.5 Å². The highest BCUT2D eigenvalue weighted by atomic mass is 33.1. The Morgan fingerprint density at radius 2 is 1.95 bits per heavy atom. The molecule has 6 aliphatic heterocycles. The fourth-order valence-corrected chi connectivity index (χ4v) is 12.2. The third-order valence-electron chi connectivity index (χ3n) is 12.8. The van der Waals surface area contributed by atoms with Gasteiger partial charge in [-0.1, -0.05) is 40.2 Å². The molecule has 0 aliphatic carbocycles. The molecule has 4 aromatic rings. The third kappa shape index (κ3) is 6.45. The molecule has 1 spiro atoms. The van der Waals surface area contributed by atoms with Gasteiger partial charge in [-0.25, -0.2) is 4.79 Å². The highest BCUT2D eigenvalue weighted by Gasteiger charge is 2.64. The number of carbonyl (C=O) groups is 1. The molecule has 2 fully saturated rings. The molecule has 58 heavy (non-hydrogen) atoms. The first-order chi connectivity index (χ1) is 28.0. The van der Waals surface area contributed by atoms with Gasteiger partial charge in [-0.3, -0.25) is 4.79 Å². The number of dihydropyridines is 2. The van der Waals surface area contributed by atoms with E-state index < -0.39 is 29.2 Å². The van der Waals surface area contributed by atoms with Gasteiger partial charge in [-0.2, -0.15) is 0 Å². The van der Waals surface area contributed by atoms with Gasteiger partial charge in [0.1, 0.15) is 45.8 Å². The predicted molar refractivity (Wildman–Crippen MR) is 225 cm³/mol. The number of aromatic nitrogens is 2. The Kier molecular flexibility index (Phi) is 9.13. The molecule has 3 aromatic heterocycles. The van der Waals surface area contributed by atoms with Gasteiger partial charge in [0.05, 0.1) is 29.5 Å². The maximum Gasteiger partial charge on any atom is 0.341 e. The summed E-state index contributed by atoms with van der Waals surface area (Å²) in [6.45, 7) is 4.39. The summed E-state index contributed by atoms with van der Waals surface area (Å²) in [5, 5.41) is 20.1. The first-order valence-corrected chi connectivity index (χ1v) is 22.6. The quantitative estimate of drug-likeness (QED) is 0.0786. The lowest BCUT2D eigenvalue weighted by atomic mass is 9.76. The van der Waals surface area contributed by atoms with Crippen molar-refractivity contribution in [2.75, 3.05) is 11.5 Å². The molecule has 1 aromatic carbocycles. The number of nitrogens with one attached hydrogen (secondary N) is 3. The molecule has 304 valence electrons. The summed E-state index contributed by atoms with van der Waals surface area (Å²) in [7, 11) is 3.41. The molecule has 15 heteroatoms. The Bertz CT molecular complexity index is 2510. The van der Waals surface area contributed by atoms with Crippen LogP contribution in [0.1, 0.15) is 69.1 Å². The van der Waals surface area contributed by atoms with Crippen molar-refractivity contribution in [3.63, 3.8) is 0 Å². The molecule has 7 atom stereocenters. The van der Waals surface area contributed by atoms with E-state index in [0.29, 0.717) is 78.9 Å². The Balaban J connectivity index is 0.995. The SMILES string of the molecule is Cc1cc(=O)c2c(O)c3c(cc2o1)O[C@@]1(C)CCSSCC2=C(N)NC(Cn4cc5cc[nH]c5c4)C=C2C2C=C(C=C(N)N2)CC[C@H]2O[C@@]24CCCC[C@H]3[C@H]1OC4=O. The van der Waals surface area contributed by atoms with Crippen LogP contribution in [0.2, 0.25) is 0 Å². The number of phenols is 1. The van der Waals surface area contributed by atoms with E-state index in [1.54, 1.807) is 34.6 Å². The minimum Gasteiger partial charge on any atom is -0.507 e. The van der Waals surface area contributed by atoms with Gasteiger partial charge in [-0.05, 0) is 69.2 Å². The molecule has 0 amide bonds. The summed E-state index contributed by atoms with van der Waals surface area (Å²) in [5.41, 5.74) is 16.1. The largest absolute Gasteiger partial charge is 0.507 e. The lowest BCUT2D eigenvalue weighted by molar-refractivity contribution is -0.172. The summed E-state index contributed by atoms with van der Waals surface area (Å²) in [4.78, 5) is 30.9. The van der Waals surface area contributed by atoms with Crippen LogP contribution in [0, 0.1) is 6.92 Å². The Labute approximate surface area is 343 Å². The number of aromatic hydroxyl groups is 1. The van der Waals surface area contributed by atoms with Crippen LogP contribution in [-0.4, -0.2) is 67.6 Å². The smallest absolute Gasteiger partial charge is 0.341 e. The van der Waals surface area contributed by atoms with Crippen LogP contribution in [0.15, 0.2) is 92.6 Å². The van der Waals surface area contributed by atoms with E-state index in [1.165, 1.54) is 6.07 Å². The maximum absolute atomic E-state index is 14.5. The van der Waals surface area contributed by atoms with Gasteiger partial charge in [0.25, 0.3) is 0 Å². The van der Waals surface area contributed by atoms with Gasteiger partial charge in [0.2, 0.25) is 0 Å². The summed E-state index contributed by atoms with van der Waals surface area (Å²) in [6.07, 6.45) is 16.1. The standard InChI is InChI=1S/C43H48N6O7S2/c1-22-13-31(50)37-32(53-22)17-33-36(38(37)51)26-5-3-4-9-43-34(56-43)7-6-23-14-29(48-35(44)15-23)27-16-25(19-49-18-24-8-11-46-30(24)20-49)47-40(45)28(27)21-58-57-12-10-42(2,55-33)39(26)54-41(43)52/h8,11,13-18,20,25-26,29,34,39,46-48,51H,3-7,9-10,12,19,21,44-45H2,1-2H3/t25?,26-,29?,34-,39-,42+,43+/m1/s1. The first kappa shape index (κ1) is 37.4. The van der Waals surface area contributed by atoms with Crippen molar-refractivity contribution in [1.82, 2.24) is 20.2 Å². The van der Waals surface area contributed by atoms with E-state index in [1.807, 2.05) is 19.2 Å². The van der Waals surface area contributed by atoms with Crippen molar-refractivity contribution in [1.29, 1.82) is 0 Å². The first-order valence-electron chi connectivity index (χ1n) is 20.2. The molecular weight excluding hydrogens is 777 g/mol. The highest BCUT2D eigenvalue weighted by Crippen LogP contribution is 2.55. The number of epoxide rings is 1. The minimum atomic E-state index is -1.06. The van der Waals surface area contributed by atoms with E-state index in [-0.39, 0.29) is 40.3 Å². The average molecular weight is 825 g/mol. The molecule has 8 N–H and O–H groups in total. The number of allylic oxidation sites excluding steroid dienone is 2. The Morgan fingerprint density at radius 1 is 1.07 bits per heavy atom. The Hall–Kier alpha value is -4.86. The number of rotatable bonds is 2. The third-order valence-corrected chi connectivity index (χ3v) is 15.1. The molecule has 2 saturated heterocycles. The number of aryl methyl sites for hydroxylation is 1. The van der Waals surface area contributed by atoms with Crippen LogP contribution in [-0.2, 0) is 20.8 Å². The van der Waals surface area contributed by atoms with Crippen molar-refractivity contribution >= 4 is 49.4 Å². The summed E-state index contributed by atoms with van der Waals surface area (Å²) < 4.78 is 27.9. The zero-order valence-electron chi connectivity index (χ0n) is 32.5. The van der Waals surface area contributed by atoms with Crippen LogP contribution in [0.25, 0.3) is 21.9 Å². The fraction of sp³-hybridized carbons (Fsp3) is 0.442. The monoisotopic (exact) mass is 824 g/mol. The second-order valence-corrected chi connectivity index (χ2v) is 19.3. The van der Waals surface area contributed by atoms with E-state index in [9.17, 15) is 14.7 Å². The fourth-order valence-electron chi connectivity index (χ4n) is 9.86. The second-order valence-electron chi connectivity index (χ2n) is 16.7. The number of esters is 1. The number of nitrogens with zero attached hydrogens (tertiary/aromatic N) is 1. The zero-order valence-corrected chi connectivity index (χ0v) is 34.1. The van der Waals surface area contributed by atoms with Crippen molar-refractivity contribution < 1.29 is 28.5 Å². The molecule has 13 nitrogen and oxygen atoms in total. The molecule has 6 aliphatic rings. The number of carbonyl (C=O) groups excluding carboxylic acids is 1. The number of hydrogen-bond acceptors (Lipinski definition) is 13. The minimum absolute atomic E-state index is 0.0535. The van der Waals surface area contributed by atoms with Gasteiger partial charge in [0, 0.05) is 77.6 Å². The molecule has 0 radical (unpaired) electrons. The number of nitrogens with two attached hydrogens (primary N) is 2. The number of H-pyrrole nitrogens is 1. The normalized spacial score (nSPS) is 31.2. The van der Waals surface area contributed by atoms with E-state index in [0.717, 1.165) is 40.5 Å². The van der Waals surface area contributed by atoms with Gasteiger partial charge in [-0.15, -0.1) is 0 Å². The van der Waals surface area contributed by atoms with Crippen LogP contribution >= 0.6 is 21.6 Å². The summed E-state index contributed by atoms with van der Waals surface area (Å²) >= 11 is 0. The average Bonchev–Trinajstić information content (AvgIpc) is 3.45. The molecule has 2 unspecified atom stereocenters. The topological polar surface area (TPSA) is 195 Å². The number of aromatic amines is 1. The van der Waals surface area contributed by atoms with Crippen molar-refractivity contribution in [2.24, 2.45) is 11.5 Å². The number of fused-ring (bicyclic) bond motifs is 8. The predicted octanol–water partition coefficient (Wildman–Crippen LogP) is 5.98. The highest BCUT2D eigenvalue weighted by molar-refractivity contribution is 8.76. The van der Waals surface area contributed by atoms with Crippen LogP contribution in [0.4, 0.5) is 0 Å². The zero-order chi connectivity index (χ0) is 39.9. The number of ether oxygens (including phenoxy) is 3. The van der Waals surface area contributed by atoms with Crippen molar-refractivity contribution in [3.8, 4) is 11.5 Å². The number of benzene rings is 1. The summed E-state index contributed by atoms with van der Waals surface area (Å²) in [5.74, 6) is 2.43. The van der Waals surface area contributed by atoms with Crippen LogP contribution < -0.4 is 32.3 Å². The van der Waals surface area contributed by atoms with Crippen molar-refractivity contribution in [3.05, 3.63) is 105 Å². The molecule has 0 saturated carbocycles. The summed E-state index contributed by atoms with van der Waals surface area (Å²) in [6, 6.07) is 4.91. The number of hydrogen-bond donors (Lipinski definition) is 6. The molecule has 9 heterocycles. The molecule has 10 rings (SSSR count). The van der Waals surface area contributed by atoms with E-state index in [4.69, 9.17) is 30.1 Å². The number of phenolic OH excluding ortho intramolecular Hbond substituents is 1. The van der Waals surface area contributed by atoms with Crippen LogP contribution in [0.3, 0.4) is 0 Å².